The average molecular weight is 424 g/mol. The van der Waals surface area contributed by atoms with Crippen molar-refractivity contribution in [1.82, 2.24) is 0 Å². The molecule has 0 fully saturated rings. The molecule has 0 N–H and O–H groups in total. The van der Waals surface area contributed by atoms with E-state index in [1.165, 1.54) is 0 Å². The minimum absolute atomic E-state index is 0. The molecule has 3 nitrogen and oxygen atoms in total. The summed E-state index contributed by atoms with van der Waals surface area (Å²) >= 11 is -1.75. The third kappa shape index (κ3) is 193. The van der Waals surface area contributed by atoms with Gasteiger partial charge < -0.3 is 0 Å². The van der Waals surface area contributed by atoms with E-state index in [9.17, 15) is 0 Å². The van der Waals surface area contributed by atoms with Gasteiger partial charge in [-0.05, 0) is 0 Å². The zero-order valence-electron chi connectivity index (χ0n) is 5.21. The van der Waals surface area contributed by atoms with Crippen LogP contribution in [-0.4, -0.2) is 0 Å². The van der Waals surface area contributed by atoms with Crippen LogP contribution in [0.25, 0.3) is 0 Å². The first kappa shape index (κ1) is 29.2. The predicted molar refractivity (Wildman–Crippen MR) is 29.3 cm³/mol. The van der Waals surface area contributed by atoms with Crippen LogP contribution in [-0.2, 0) is 26.9 Å². The summed E-state index contributed by atoms with van der Waals surface area (Å²) in [5, 5.41) is 0. The maximum atomic E-state index is 7.50. The van der Waals surface area contributed by atoms with Gasteiger partial charge in [0.1, 0.15) is 0 Å². The van der Waals surface area contributed by atoms with Crippen LogP contribution < -0.4 is 68.9 Å². The van der Waals surface area contributed by atoms with Gasteiger partial charge in [-0.25, -0.2) is 0 Å². The molecule has 0 unspecified atom stereocenters. The van der Waals surface area contributed by atoms with E-state index < -0.39 is 13.0 Å². The molecule has 0 radical (unpaired) electrons. The van der Waals surface area contributed by atoms with Crippen molar-refractivity contribution in [2.75, 3.05) is 0 Å². The second-order valence-corrected chi connectivity index (χ2v) is 8.07. The summed E-state index contributed by atoms with van der Waals surface area (Å²) in [5.41, 5.74) is 0. The molecule has 0 atom stereocenters. The Kier molecular flexibility index (Phi) is 141. The van der Waals surface area contributed by atoms with E-state index in [1.807, 2.05) is 0 Å². The van der Waals surface area contributed by atoms with Crippen LogP contribution in [0.15, 0.2) is 0 Å². The van der Waals surface area contributed by atoms with Gasteiger partial charge in [-0.1, -0.05) is 0 Å². The van der Waals surface area contributed by atoms with E-state index in [4.69, 9.17) is 43.0 Å². The molecule has 0 saturated carbocycles. The molecule has 0 amide bonds. The van der Waals surface area contributed by atoms with Crippen molar-refractivity contribution < 1.29 is 95.8 Å². The van der Waals surface area contributed by atoms with Crippen LogP contribution in [0.3, 0.4) is 0 Å². The monoisotopic (exact) mass is 424 g/mol. The third-order valence-electron chi connectivity index (χ3n) is 0. The number of hydrogen-bond donors (Lipinski definition) is 0. The van der Waals surface area contributed by atoms with Crippen LogP contribution >= 0.6 is 29.1 Å². The molecule has 0 heterocycles. The van der Waals surface area contributed by atoms with Gasteiger partial charge in [0, 0.05) is 0 Å². The molecule has 0 aromatic carbocycles. The molecule has 60 valence electrons. The molecule has 0 aromatic heterocycles. The number of rotatable bonds is 0. The van der Waals surface area contributed by atoms with E-state index in [2.05, 4.69) is 20.0 Å². The first-order valence-electron chi connectivity index (χ1n) is 1.01. The third-order valence-corrected chi connectivity index (χ3v) is 0. The molecule has 0 bridgehead atoms. The van der Waals surface area contributed by atoms with Crippen molar-refractivity contribution >= 4 is 29.1 Å². The van der Waals surface area contributed by atoms with Gasteiger partial charge in [-0.2, -0.15) is 0 Å². The SMILES string of the molecule is [C-]#[O+].[C-]#[O+].[C-]#[O+].[Cl][Ru-]([Cl])[Cl].[Cs+]. The largest absolute Gasteiger partial charge is 1.00 e. The molecular weight excluding hydrogens is 424 g/mol. The Bertz CT molecular complexity index is 76.5. The molecule has 8 heteroatoms. The van der Waals surface area contributed by atoms with E-state index in [-0.39, 0.29) is 68.9 Å². The van der Waals surface area contributed by atoms with Gasteiger partial charge in [0.25, 0.3) is 0 Å². The van der Waals surface area contributed by atoms with E-state index >= 15 is 0 Å². The maximum Gasteiger partial charge on any atom is 1.00 e. The van der Waals surface area contributed by atoms with E-state index in [1.54, 1.807) is 0 Å². The van der Waals surface area contributed by atoms with Gasteiger partial charge in [-0.15, -0.1) is 0 Å². The van der Waals surface area contributed by atoms with Crippen LogP contribution in [0.5, 0.6) is 0 Å². The summed E-state index contributed by atoms with van der Waals surface area (Å²) in [4.78, 5) is 0. The van der Waals surface area contributed by atoms with Gasteiger partial charge in [0.05, 0.1) is 0 Å². The molecule has 0 aliphatic carbocycles. The van der Waals surface area contributed by atoms with Crippen molar-refractivity contribution in [3.8, 4) is 0 Å². The normalized spacial score (nSPS) is 4.64. The quantitative estimate of drug-likeness (QED) is 0.271. The van der Waals surface area contributed by atoms with Crippen LogP contribution in [0.4, 0.5) is 0 Å². The summed E-state index contributed by atoms with van der Waals surface area (Å²) in [6.45, 7) is 13.5. The van der Waals surface area contributed by atoms with Crippen molar-refractivity contribution in [2.24, 2.45) is 0 Å². The fraction of sp³-hybridized carbons (Fsp3) is 0. The Labute approximate surface area is 141 Å². The molecule has 0 aromatic rings. The molecule has 0 rings (SSSR count). The molecule has 11 heavy (non-hydrogen) atoms. The smallest absolute Gasteiger partial charge is 1.00 e. The van der Waals surface area contributed by atoms with Gasteiger partial charge in [0.2, 0.25) is 0 Å². The van der Waals surface area contributed by atoms with E-state index in [0.29, 0.717) is 0 Å². The summed E-state index contributed by atoms with van der Waals surface area (Å²) in [5.74, 6) is 0. The van der Waals surface area contributed by atoms with E-state index in [0.717, 1.165) is 0 Å². The summed E-state index contributed by atoms with van der Waals surface area (Å²) in [7, 11) is 14.8. The van der Waals surface area contributed by atoms with Gasteiger partial charge in [-0.3, -0.25) is 0 Å². The van der Waals surface area contributed by atoms with Gasteiger partial charge >= 0.3 is 145 Å². The second-order valence-electron chi connectivity index (χ2n) is 0.152. The van der Waals surface area contributed by atoms with Crippen molar-refractivity contribution in [1.29, 1.82) is 0 Å². The first-order chi connectivity index (χ1) is 4.73. The second kappa shape index (κ2) is 53.2. The summed E-state index contributed by atoms with van der Waals surface area (Å²) in [6.07, 6.45) is 0. The molecule has 0 aliphatic heterocycles. The number of halogens is 3. The van der Waals surface area contributed by atoms with Crippen molar-refractivity contribution in [3.05, 3.63) is 20.0 Å². The van der Waals surface area contributed by atoms with Crippen molar-refractivity contribution in [3.63, 3.8) is 0 Å². The zero-order chi connectivity index (χ0) is 9.58. The fourth-order valence-corrected chi connectivity index (χ4v) is 0. The Hall–Kier alpha value is 2.77. The Morgan fingerprint density at radius 3 is 0.727 bits per heavy atom. The van der Waals surface area contributed by atoms with Crippen molar-refractivity contribution in [2.45, 2.75) is 0 Å². The average Bonchev–Trinajstić information content (AvgIpc) is 1.98. The standard InChI is InChI=1S/3CO.3ClH.Cs.Ru/c3*1-2;;;;;/h;;;3*1H;;/q;;;;;;+1;+2/p-3. The maximum absolute atomic E-state index is 7.50. The summed E-state index contributed by atoms with van der Waals surface area (Å²) in [6, 6.07) is 0. The topological polar surface area (TPSA) is 59.7 Å². The summed E-state index contributed by atoms with van der Waals surface area (Å²) < 4.78 is 22.5. The predicted octanol–water partition coefficient (Wildman–Crippen LogP) is -1.04. The number of hydrogen-bond acceptors (Lipinski definition) is 0. The Morgan fingerprint density at radius 1 is 0.727 bits per heavy atom. The molecule has 0 aliphatic rings. The molecule has 0 spiro atoms. The van der Waals surface area contributed by atoms with Crippen LogP contribution in [0, 0.1) is 20.0 Å². The molecular formula is C3Cl3CsO3Ru. The minimum Gasteiger partial charge on any atom is 1.00 e. The van der Waals surface area contributed by atoms with Gasteiger partial charge in [0.15, 0.2) is 0 Å². The first-order valence-corrected chi connectivity index (χ1v) is 7.73. The Balaban J connectivity index is -0.0000000152. The van der Waals surface area contributed by atoms with Crippen LogP contribution in [0.2, 0.25) is 0 Å². The fourth-order valence-electron chi connectivity index (χ4n) is 0. The van der Waals surface area contributed by atoms with Crippen LogP contribution in [0.1, 0.15) is 0 Å². The minimum atomic E-state index is -1.75. The molecule has 0 saturated heterocycles. The zero-order valence-corrected chi connectivity index (χ0v) is 15.5. The Morgan fingerprint density at radius 2 is 0.727 bits per heavy atom.